The quantitative estimate of drug-likeness (QED) is 0.401. The van der Waals surface area contributed by atoms with Gasteiger partial charge in [-0.2, -0.15) is 13.2 Å². The van der Waals surface area contributed by atoms with E-state index in [-0.39, 0.29) is 34.3 Å². The first-order chi connectivity index (χ1) is 16.7. The SMILES string of the molecule is CNC(=O)c1csc2c(C(F)(F)F)c(Cl)c(OC3CC4(C3)CN(C(=O)OCCOC(F)(F)F)C4)nc12. The zero-order chi connectivity index (χ0) is 26.5. The lowest BCUT2D eigenvalue weighted by Crippen LogP contribution is -2.66. The molecule has 1 N–H and O–H groups in total. The Morgan fingerprint density at radius 2 is 1.89 bits per heavy atom. The average Bonchev–Trinajstić information content (AvgIpc) is 3.12. The Balaban J connectivity index is 1.38. The third kappa shape index (κ3) is 5.27. The lowest BCUT2D eigenvalue weighted by Gasteiger charge is -2.57. The fraction of sp³-hybridized carbons (Fsp3) is 0.550. The molecule has 198 valence electrons. The average molecular weight is 562 g/mol. The summed E-state index contributed by atoms with van der Waals surface area (Å²) in [6.07, 6.45) is -10.2. The smallest absolute Gasteiger partial charge is 0.473 e. The van der Waals surface area contributed by atoms with Gasteiger partial charge in [0, 0.05) is 30.9 Å². The number of carbonyl (C=O) groups excluding carboxylic acids is 2. The van der Waals surface area contributed by atoms with Crippen molar-refractivity contribution in [3.05, 3.63) is 21.5 Å². The van der Waals surface area contributed by atoms with Crippen molar-refractivity contribution >= 4 is 45.2 Å². The van der Waals surface area contributed by atoms with Crippen molar-refractivity contribution < 1.29 is 50.1 Å². The maximum Gasteiger partial charge on any atom is 0.522 e. The number of fused-ring (bicyclic) bond motifs is 1. The Hall–Kier alpha value is -2.52. The van der Waals surface area contributed by atoms with Gasteiger partial charge in [0.15, 0.2) is 0 Å². The molecular weight excluding hydrogens is 544 g/mol. The second kappa shape index (κ2) is 9.41. The molecule has 0 radical (unpaired) electrons. The minimum absolute atomic E-state index is 0.0385. The normalized spacial score (nSPS) is 17.6. The lowest BCUT2D eigenvalue weighted by atomic mass is 9.62. The Labute approximate surface area is 208 Å². The first-order valence-corrected chi connectivity index (χ1v) is 11.7. The van der Waals surface area contributed by atoms with Crippen LogP contribution in [0.3, 0.4) is 0 Å². The molecule has 0 aromatic carbocycles. The summed E-state index contributed by atoms with van der Waals surface area (Å²) in [7, 11) is 1.34. The molecule has 1 saturated carbocycles. The number of rotatable bonds is 6. The van der Waals surface area contributed by atoms with Gasteiger partial charge in [0.05, 0.1) is 28.0 Å². The molecule has 0 atom stereocenters. The van der Waals surface area contributed by atoms with Crippen LogP contribution in [0.2, 0.25) is 5.02 Å². The van der Waals surface area contributed by atoms with Crippen LogP contribution in [0.15, 0.2) is 5.38 Å². The van der Waals surface area contributed by atoms with E-state index in [0.29, 0.717) is 24.2 Å². The van der Waals surface area contributed by atoms with Crippen molar-refractivity contribution in [1.82, 2.24) is 15.2 Å². The fourth-order valence-electron chi connectivity index (χ4n) is 4.30. The molecule has 2 aromatic rings. The van der Waals surface area contributed by atoms with Crippen LogP contribution in [0.25, 0.3) is 10.2 Å². The van der Waals surface area contributed by atoms with Crippen molar-refractivity contribution in [2.75, 3.05) is 33.4 Å². The van der Waals surface area contributed by atoms with E-state index >= 15 is 0 Å². The molecule has 1 aliphatic heterocycles. The predicted molar refractivity (Wildman–Crippen MR) is 114 cm³/mol. The van der Waals surface area contributed by atoms with E-state index in [1.165, 1.54) is 17.3 Å². The van der Waals surface area contributed by atoms with Crippen LogP contribution in [0.1, 0.15) is 28.8 Å². The lowest BCUT2D eigenvalue weighted by molar-refractivity contribution is -0.326. The van der Waals surface area contributed by atoms with Crippen LogP contribution in [-0.2, 0) is 15.7 Å². The molecule has 3 heterocycles. The molecule has 8 nitrogen and oxygen atoms in total. The van der Waals surface area contributed by atoms with E-state index < -0.39 is 60.3 Å². The number of nitrogens with zero attached hydrogens (tertiary/aromatic N) is 2. The van der Waals surface area contributed by atoms with E-state index in [0.717, 1.165) is 0 Å². The van der Waals surface area contributed by atoms with Crippen LogP contribution in [-0.4, -0.2) is 67.7 Å². The fourth-order valence-corrected chi connectivity index (χ4v) is 5.70. The minimum Gasteiger partial charge on any atom is -0.473 e. The molecule has 4 rings (SSSR count). The van der Waals surface area contributed by atoms with Gasteiger partial charge in [-0.25, -0.2) is 9.78 Å². The standard InChI is InChI=1S/C20H18ClF6N3O5S/c1-28-15(31)10-6-36-14-11(19(22,23)24)12(21)16(29-13(10)14)35-9-4-18(5-9)7-30(8-18)17(32)33-2-3-34-20(25,26)27/h6,9H,2-5,7-8H2,1H3,(H,28,31). The molecule has 1 saturated heterocycles. The molecule has 2 aliphatic rings. The molecule has 2 aromatic heterocycles. The van der Waals surface area contributed by atoms with Gasteiger partial charge in [0.25, 0.3) is 5.91 Å². The second-order valence-corrected chi connectivity index (χ2v) is 9.68. The number of thiophene rings is 1. The van der Waals surface area contributed by atoms with Crippen molar-refractivity contribution in [2.45, 2.75) is 31.5 Å². The summed E-state index contributed by atoms with van der Waals surface area (Å²) in [5.74, 6) is -1.05. The number of nitrogens with one attached hydrogen (secondary N) is 1. The third-order valence-electron chi connectivity index (χ3n) is 5.85. The summed E-state index contributed by atoms with van der Waals surface area (Å²) < 4.78 is 90.8. The van der Waals surface area contributed by atoms with Gasteiger partial charge in [0.2, 0.25) is 5.88 Å². The van der Waals surface area contributed by atoms with Gasteiger partial charge >= 0.3 is 18.6 Å². The van der Waals surface area contributed by atoms with Crippen molar-refractivity contribution in [1.29, 1.82) is 0 Å². The topological polar surface area (TPSA) is 90.0 Å². The molecule has 0 bridgehead atoms. The van der Waals surface area contributed by atoms with E-state index in [4.69, 9.17) is 21.1 Å². The van der Waals surface area contributed by atoms with Crippen LogP contribution in [0, 0.1) is 5.41 Å². The van der Waals surface area contributed by atoms with E-state index in [2.05, 4.69) is 15.0 Å². The number of likely N-dealkylation sites (tertiary alicyclic amines) is 1. The summed E-state index contributed by atoms with van der Waals surface area (Å²) >= 11 is 6.74. The van der Waals surface area contributed by atoms with Gasteiger partial charge in [-0.05, 0) is 12.8 Å². The first-order valence-electron chi connectivity index (χ1n) is 10.4. The van der Waals surface area contributed by atoms with Crippen LogP contribution in [0.5, 0.6) is 5.88 Å². The third-order valence-corrected chi connectivity index (χ3v) is 7.19. The molecular formula is C20H18ClF6N3O5S. The van der Waals surface area contributed by atoms with E-state index in [1.807, 2.05) is 0 Å². The van der Waals surface area contributed by atoms with E-state index in [1.54, 1.807) is 0 Å². The number of alkyl halides is 6. The van der Waals surface area contributed by atoms with Crippen molar-refractivity contribution in [3.63, 3.8) is 0 Å². The molecule has 1 spiro atoms. The predicted octanol–water partition coefficient (Wildman–Crippen LogP) is 4.84. The van der Waals surface area contributed by atoms with Crippen molar-refractivity contribution in [2.24, 2.45) is 5.41 Å². The van der Waals surface area contributed by atoms with Gasteiger partial charge in [-0.1, -0.05) is 11.6 Å². The summed E-state index contributed by atoms with van der Waals surface area (Å²) in [5.41, 5.74) is -1.69. The summed E-state index contributed by atoms with van der Waals surface area (Å²) in [5, 5.41) is 2.91. The largest absolute Gasteiger partial charge is 0.522 e. The Kier molecular flexibility index (Phi) is 6.94. The Morgan fingerprint density at radius 3 is 2.47 bits per heavy atom. The Bertz CT molecular complexity index is 1170. The van der Waals surface area contributed by atoms with Gasteiger partial charge < -0.3 is 19.7 Å². The van der Waals surface area contributed by atoms with Crippen molar-refractivity contribution in [3.8, 4) is 5.88 Å². The highest BCUT2D eigenvalue weighted by atomic mass is 35.5. The van der Waals surface area contributed by atoms with Crippen LogP contribution >= 0.6 is 22.9 Å². The summed E-state index contributed by atoms with van der Waals surface area (Å²) in [6.45, 7) is -0.882. The van der Waals surface area contributed by atoms with Gasteiger partial charge in [-0.3, -0.25) is 9.53 Å². The van der Waals surface area contributed by atoms with Crippen LogP contribution < -0.4 is 10.1 Å². The molecule has 0 unspecified atom stereocenters. The molecule has 2 fully saturated rings. The number of aromatic nitrogens is 1. The zero-order valence-electron chi connectivity index (χ0n) is 18.4. The maximum absolute atomic E-state index is 13.8. The Morgan fingerprint density at radius 1 is 1.22 bits per heavy atom. The summed E-state index contributed by atoms with van der Waals surface area (Å²) in [4.78, 5) is 29.4. The zero-order valence-corrected chi connectivity index (χ0v) is 20.0. The van der Waals surface area contributed by atoms with Gasteiger partial charge in [-0.15, -0.1) is 24.5 Å². The number of hydrogen-bond acceptors (Lipinski definition) is 7. The van der Waals surface area contributed by atoms with Crippen LogP contribution in [0.4, 0.5) is 31.1 Å². The second-order valence-electron chi connectivity index (χ2n) is 8.42. The number of carbonyl (C=O) groups is 2. The summed E-state index contributed by atoms with van der Waals surface area (Å²) in [6, 6.07) is 0. The van der Waals surface area contributed by atoms with E-state index in [9.17, 15) is 35.9 Å². The molecule has 1 aliphatic carbocycles. The molecule has 36 heavy (non-hydrogen) atoms. The number of halogens is 7. The first kappa shape index (κ1) is 26.5. The molecule has 2 amide bonds. The molecule has 16 heteroatoms. The number of hydrogen-bond donors (Lipinski definition) is 1. The number of ether oxygens (including phenoxy) is 3. The maximum atomic E-state index is 13.8. The highest BCUT2D eigenvalue weighted by Gasteiger charge is 2.55. The van der Waals surface area contributed by atoms with Gasteiger partial charge in [0.1, 0.15) is 17.7 Å². The highest BCUT2D eigenvalue weighted by molar-refractivity contribution is 7.17. The number of pyridine rings is 1. The highest BCUT2D eigenvalue weighted by Crippen LogP contribution is 2.51. The minimum atomic E-state index is -4.82. The number of amides is 2. The monoisotopic (exact) mass is 561 g/mol.